The van der Waals surface area contributed by atoms with Crippen LogP contribution in [0.2, 0.25) is 5.02 Å². The number of piperazine rings is 1. The summed E-state index contributed by atoms with van der Waals surface area (Å²) >= 11 is 6.13. The number of carbonyl (C=O) groups excluding carboxylic acids is 1. The van der Waals surface area contributed by atoms with Crippen molar-refractivity contribution < 1.29 is 22.1 Å². The molecule has 0 radical (unpaired) electrons. The van der Waals surface area contributed by atoms with Crippen molar-refractivity contribution >= 4 is 23.6 Å². The van der Waals surface area contributed by atoms with Crippen LogP contribution >= 0.6 is 11.6 Å². The van der Waals surface area contributed by atoms with Crippen molar-refractivity contribution in [3.05, 3.63) is 76.8 Å². The Kier molecular flexibility index (Phi) is 7.51. The van der Waals surface area contributed by atoms with Crippen LogP contribution in [0.25, 0.3) is 6.08 Å². The van der Waals surface area contributed by atoms with E-state index in [1.165, 1.54) is 10.5 Å². The first-order chi connectivity index (χ1) is 11.7. The molecule has 2 aromatic carbocycles. The van der Waals surface area contributed by atoms with E-state index < -0.39 is 0 Å². The van der Waals surface area contributed by atoms with Crippen molar-refractivity contribution in [2.75, 3.05) is 32.7 Å². The molecule has 1 saturated heterocycles. The number of benzene rings is 2. The highest BCUT2D eigenvalue weighted by Crippen LogP contribution is 2.17. The molecule has 0 saturated carbocycles. The Morgan fingerprint density at radius 3 is 2.36 bits per heavy atom. The van der Waals surface area contributed by atoms with Crippen LogP contribution in [0.1, 0.15) is 15.9 Å². The lowest BCUT2D eigenvalue weighted by Gasteiger charge is -2.32. The van der Waals surface area contributed by atoms with E-state index in [4.69, 9.17) is 11.6 Å². The van der Waals surface area contributed by atoms with E-state index in [1.807, 2.05) is 35.2 Å². The van der Waals surface area contributed by atoms with Crippen LogP contribution in [0.3, 0.4) is 0 Å². The van der Waals surface area contributed by atoms with Gasteiger partial charge in [-0.2, -0.15) is 0 Å². The van der Waals surface area contributed by atoms with Gasteiger partial charge in [0.2, 0.25) is 0 Å². The van der Waals surface area contributed by atoms with E-state index in [-0.39, 0.29) is 18.3 Å². The topological polar surface area (TPSA) is 24.8 Å². The largest absolute Gasteiger partial charge is 1.00 e. The molecule has 1 heterocycles. The summed E-state index contributed by atoms with van der Waals surface area (Å²) in [6, 6.07) is 17.6. The fraction of sp³-hybridized carbons (Fsp3) is 0.250. The number of rotatable bonds is 4. The minimum Gasteiger partial charge on any atom is -1.00 e. The van der Waals surface area contributed by atoms with E-state index in [1.54, 1.807) is 12.1 Å². The Morgan fingerprint density at radius 2 is 1.68 bits per heavy atom. The summed E-state index contributed by atoms with van der Waals surface area (Å²) in [5.41, 5.74) is 1.83. The van der Waals surface area contributed by atoms with Gasteiger partial charge in [0.1, 0.15) is 0 Å². The lowest BCUT2D eigenvalue weighted by atomic mass is 10.1. The highest BCUT2D eigenvalue weighted by molar-refractivity contribution is 6.33. The molecule has 0 spiro atoms. The summed E-state index contributed by atoms with van der Waals surface area (Å²) in [5, 5.41) is 0.531. The number of hydrogen-bond donors (Lipinski definition) is 1. The predicted octanol–water partition coefficient (Wildman–Crippen LogP) is -0.602. The van der Waals surface area contributed by atoms with E-state index in [0.29, 0.717) is 10.6 Å². The minimum absolute atomic E-state index is 0. The van der Waals surface area contributed by atoms with Crippen LogP contribution in [-0.4, -0.2) is 43.5 Å². The van der Waals surface area contributed by atoms with Crippen LogP contribution in [-0.2, 0) is 0 Å². The number of nitrogens with zero attached hydrogens (tertiary/aromatic N) is 1. The van der Waals surface area contributed by atoms with Crippen molar-refractivity contribution in [3.8, 4) is 0 Å². The number of carbonyl (C=O) groups is 1. The van der Waals surface area contributed by atoms with Crippen molar-refractivity contribution in [3.63, 3.8) is 0 Å². The molecule has 3 rings (SSSR count). The smallest absolute Gasteiger partial charge is 0.255 e. The predicted molar refractivity (Wildman–Crippen MR) is 98.4 cm³/mol. The SMILES string of the molecule is O=C(c1ccccc1Cl)N1CC[NH+](C/C=C/c2ccccc2)CC1.[Cl-]. The first-order valence-electron chi connectivity index (χ1n) is 8.33. The molecule has 0 atom stereocenters. The van der Waals surface area contributed by atoms with Gasteiger partial charge in [-0.1, -0.05) is 60.1 Å². The summed E-state index contributed by atoms with van der Waals surface area (Å²) in [5.74, 6) is 0.0412. The molecule has 1 fully saturated rings. The molecule has 1 aliphatic heterocycles. The second-order valence-electron chi connectivity index (χ2n) is 6.04. The van der Waals surface area contributed by atoms with Gasteiger partial charge in [0.15, 0.2) is 0 Å². The van der Waals surface area contributed by atoms with Gasteiger partial charge in [0.05, 0.1) is 43.3 Å². The molecule has 3 nitrogen and oxygen atoms in total. The monoisotopic (exact) mass is 376 g/mol. The van der Waals surface area contributed by atoms with Crippen LogP contribution in [0.15, 0.2) is 60.7 Å². The maximum atomic E-state index is 12.5. The Hall–Kier alpha value is -1.81. The zero-order valence-corrected chi connectivity index (χ0v) is 15.5. The van der Waals surface area contributed by atoms with Crippen LogP contribution < -0.4 is 17.3 Å². The fourth-order valence-electron chi connectivity index (χ4n) is 2.96. The molecule has 0 unspecified atom stereocenters. The molecule has 0 aromatic heterocycles. The zero-order chi connectivity index (χ0) is 16.8. The Balaban J connectivity index is 0.00000225. The molecule has 2 aromatic rings. The summed E-state index contributed by atoms with van der Waals surface area (Å²) in [7, 11) is 0. The molecule has 1 N–H and O–H groups in total. The Labute approximate surface area is 160 Å². The third kappa shape index (κ3) is 5.33. The molecule has 1 aliphatic rings. The lowest BCUT2D eigenvalue weighted by molar-refractivity contribution is -0.898. The van der Waals surface area contributed by atoms with Gasteiger partial charge >= 0.3 is 0 Å². The zero-order valence-electron chi connectivity index (χ0n) is 14.0. The lowest BCUT2D eigenvalue weighted by Crippen LogP contribution is -3.14. The second-order valence-corrected chi connectivity index (χ2v) is 6.45. The van der Waals surface area contributed by atoms with Crippen LogP contribution in [0.5, 0.6) is 0 Å². The fourth-order valence-corrected chi connectivity index (χ4v) is 3.18. The average molecular weight is 377 g/mol. The third-order valence-corrected chi connectivity index (χ3v) is 4.71. The minimum atomic E-state index is 0. The van der Waals surface area contributed by atoms with Gasteiger partial charge < -0.3 is 22.2 Å². The Morgan fingerprint density at radius 1 is 1.04 bits per heavy atom. The summed E-state index contributed by atoms with van der Waals surface area (Å²) in [6.07, 6.45) is 4.38. The van der Waals surface area contributed by atoms with Gasteiger partial charge in [-0.25, -0.2) is 0 Å². The quantitative estimate of drug-likeness (QED) is 0.756. The molecule has 1 amide bonds. The van der Waals surface area contributed by atoms with Gasteiger partial charge in [-0.15, -0.1) is 0 Å². The highest BCUT2D eigenvalue weighted by Gasteiger charge is 2.24. The maximum absolute atomic E-state index is 12.5. The molecule has 132 valence electrons. The van der Waals surface area contributed by atoms with Crippen molar-refractivity contribution in [2.24, 2.45) is 0 Å². The molecule has 0 aliphatic carbocycles. The second kappa shape index (κ2) is 9.62. The average Bonchev–Trinajstić information content (AvgIpc) is 2.63. The number of nitrogens with one attached hydrogen (secondary N) is 1. The van der Waals surface area contributed by atoms with E-state index in [2.05, 4.69) is 24.3 Å². The molecular weight excluding hydrogens is 355 g/mol. The summed E-state index contributed by atoms with van der Waals surface area (Å²) in [4.78, 5) is 16.0. The van der Waals surface area contributed by atoms with Crippen LogP contribution in [0.4, 0.5) is 0 Å². The number of halogens is 2. The van der Waals surface area contributed by atoms with Gasteiger partial charge in [-0.3, -0.25) is 4.79 Å². The van der Waals surface area contributed by atoms with Gasteiger partial charge in [-0.05, 0) is 23.8 Å². The summed E-state index contributed by atoms with van der Waals surface area (Å²) < 4.78 is 0. The molecule has 5 heteroatoms. The third-order valence-electron chi connectivity index (χ3n) is 4.38. The maximum Gasteiger partial charge on any atom is 0.255 e. The van der Waals surface area contributed by atoms with E-state index in [9.17, 15) is 4.79 Å². The molecule has 25 heavy (non-hydrogen) atoms. The molecule has 0 bridgehead atoms. The van der Waals surface area contributed by atoms with Crippen molar-refractivity contribution in [1.82, 2.24) is 4.90 Å². The van der Waals surface area contributed by atoms with E-state index >= 15 is 0 Å². The number of hydrogen-bond acceptors (Lipinski definition) is 1. The highest BCUT2D eigenvalue weighted by atomic mass is 35.5. The first kappa shape index (κ1) is 19.5. The standard InChI is InChI=1S/C20H21ClN2O.ClH/c21-19-11-5-4-10-18(19)20(24)23-15-13-22(14-16-23)12-6-9-17-7-2-1-3-8-17;/h1-11H,12-16H2;1H/b9-6+;. The first-order valence-corrected chi connectivity index (χ1v) is 8.71. The van der Waals surface area contributed by atoms with Crippen molar-refractivity contribution in [1.29, 1.82) is 0 Å². The van der Waals surface area contributed by atoms with E-state index in [0.717, 1.165) is 32.7 Å². The van der Waals surface area contributed by atoms with Gasteiger partial charge in [0, 0.05) is 0 Å². The molecular formula is C20H22Cl2N2O. The normalized spacial score (nSPS) is 15.2. The summed E-state index contributed by atoms with van der Waals surface area (Å²) in [6.45, 7) is 4.48. The Bertz CT molecular complexity index is 711. The van der Waals surface area contributed by atoms with Crippen molar-refractivity contribution in [2.45, 2.75) is 0 Å². The van der Waals surface area contributed by atoms with Crippen LogP contribution in [0, 0.1) is 0 Å². The number of quaternary nitrogens is 1. The van der Waals surface area contributed by atoms with Gasteiger partial charge in [0.25, 0.3) is 5.91 Å². The number of amides is 1.